The third-order valence-corrected chi connectivity index (χ3v) is 26.5. The predicted molar refractivity (Wildman–Crippen MR) is 457 cm³/mol. The van der Waals surface area contributed by atoms with Gasteiger partial charge in [0.2, 0.25) is 17.7 Å². The molecule has 9 heterocycles. The van der Waals surface area contributed by atoms with Crippen LogP contribution < -0.4 is 16.0 Å². The van der Waals surface area contributed by atoms with Crippen LogP contribution in [0.2, 0.25) is 0 Å². The lowest BCUT2D eigenvalue weighted by Crippen LogP contribution is -2.54. The maximum absolute atomic E-state index is 14.0. The van der Waals surface area contributed by atoms with Crippen molar-refractivity contribution in [3.8, 4) is 67.3 Å². The molecule has 27 heteroatoms. The minimum absolute atomic E-state index is 0.0274. The molecule has 8 fully saturated rings. The average Bonchev–Trinajstić information content (AvgIpc) is 1.59. The Morgan fingerprint density at radius 3 is 1.30 bits per heavy atom. The van der Waals surface area contributed by atoms with Gasteiger partial charge in [-0.05, 0) is 218 Å². The lowest BCUT2D eigenvalue weighted by Gasteiger charge is -2.37. The van der Waals surface area contributed by atoms with Crippen molar-refractivity contribution in [2.45, 2.75) is 192 Å². The first-order valence-electron chi connectivity index (χ1n) is 42.9. The van der Waals surface area contributed by atoms with E-state index < -0.39 is 42.0 Å². The maximum atomic E-state index is 14.0. The Bertz CT molecular complexity index is 5520. The van der Waals surface area contributed by atoms with Crippen molar-refractivity contribution in [1.82, 2.24) is 75.4 Å². The molecule has 8 aliphatic rings. The van der Waals surface area contributed by atoms with E-state index in [1.807, 2.05) is 92.9 Å². The lowest BCUT2D eigenvalue weighted by molar-refractivity contribution is -0.140. The summed E-state index contributed by atoms with van der Waals surface area (Å²) in [6, 6.07) is 40.2. The number of carbonyl (C=O) groups is 7. The summed E-state index contributed by atoms with van der Waals surface area (Å²) in [5, 5.41) is 12.8. The second kappa shape index (κ2) is 33.6. The van der Waals surface area contributed by atoms with E-state index in [-0.39, 0.29) is 83.2 Å². The zero-order valence-electron chi connectivity index (χ0n) is 70.4. The second-order valence-corrected chi connectivity index (χ2v) is 36.1. The highest BCUT2D eigenvalue weighted by molar-refractivity contribution is 5.93. The number of hydrogen-bond donors (Lipinski definition) is 7. The molecule has 1 unspecified atom stereocenters. The zero-order chi connectivity index (χ0) is 84.3. The van der Waals surface area contributed by atoms with Crippen molar-refractivity contribution >= 4 is 63.6 Å². The van der Waals surface area contributed by atoms with Crippen LogP contribution in [0.3, 0.4) is 0 Å². The van der Waals surface area contributed by atoms with Gasteiger partial charge in [-0.25, -0.2) is 39.1 Å². The summed E-state index contributed by atoms with van der Waals surface area (Å²) < 4.78 is 25.8. The number of carbonyl (C=O) groups excluding carboxylic acids is 7. The van der Waals surface area contributed by atoms with Crippen molar-refractivity contribution in [3.63, 3.8) is 0 Å². The van der Waals surface area contributed by atoms with Crippen molar-refractivity contribution < 1.29 is 57.2 Å². The molecule has 7 N–H and O–H groups in total. The molecule has 6 aromatic carbocycles. The Kier molecular flexibility index (Phi) is 22.6. The van der Waals surface area contributed by atoms with Gasteiger partial charge in [-0.2, -0.15) is 0 Å². The predicted octanol–water partition coefficient (Wildman–Crippen LogP) is 16.7. The van der Waals surface area contributed by atoms with Gasteiger partial charge in [-0.1, -0.05) is 125 Å². The highest BCUT2D eigenvalue weighted by atomic mass is 16.6. The molecular formula is C94H109N15O12. The number of aromatic nitrogens is 8. The Morgan fingerprint density at radius 1 is 0.463 bits per heavy atom. The minimum Gasteiger partial charge on any atom is -0.453 e. The van der Waals surface area contributed by atoms with Crippen LogP contribution in [0.4, 0.5) is 19.2 Å². The first-order valence-corrected chi connectivity index (χ1v) is 42.9. The number of H-pyrrole nitrogens is 4. The van der Waals surface area contributed by atoms with Crippen LogP contribution in [0, 0.1) is 35.0 Å². The van der Waals surface area contributed by atoms with E-state index >= 15 is 0 Å². The number of nitrogens with one attached hydrogen (secondary N) is 7. The number of methoxy groups -OCH3 is 3. The molecule has 4 bridgehead atoms. The van der Waals surface area contributed by atoms with E-state index in [2.05, 4.69) is 157 Å². The number of alkyl carbamates (subject to hydrolysis) is 3. The number of likely N-dealkylation sites (tertiary alicyclic amines) is 4. The Morgan fingerprint density at radius 2 is 0.860 bits per heavy atom. The molecule has 10 aromatic rings. The number of hydrogen-bond acceptors (Lipinski definition) is 16. The third kappa shape index (κ3) is 16.7. The van der Waals surface area contributed by atoms with Crippen molar-refractivity contribution in [2.24, 2.45) is 35.0 Å². The Labute approximate surface area is 704 Å². The monoisotopic (exact) mass is 1640 g/mol. The Hall–Kier alpha value is -11.9. The van der Waals surface area contributed by atoms with E-state index in [0.717, 1.165) is 189 Å². The van der Waals surface area contributed by atoms with E-state index in [1.165, 1.54) is 21.3 Å². The molecule has 18 rings (SSSR count). The third-order valence-electron chi connectivity index (χ3n) is 26.5. The number of benzene rings is 6. The van der Waals surface area contributed by atoms with Gasteiger partial charge in [0.25, 0.3) is 0 Å². The van der Waals surface area contributed by atoms with Crippen LogP contribution in [0.25, 0.3) is 88.8 Å². The summed E-state index contributed by atoms with van der Waals surface area (Å²) in [4.78, 5) is 133. The fourth-order valence-corrected chi connectivity index (χ4v) is 19.9. The number of nitrogens with zero attached hydrogens (tertiary/aromatic N) is 8. The van der Waals surface area contributed by atoms with Crippen molar-refractivity contribution in [1.29, 1.82) is 0 Å². The number of aromatic amines is 4. The highest BCUT2D eigenvalue weighted by Gasteiger charge is 2.56. The minimum atomic E-state index is -0.684. The summed E-state index contributed by atoms with van der Waals surface area (Å²) in [6.45, 7) is 15.9. The van der Waals surface area contributed by atoms with Gasteiger partial charge in [-0.15, -0.1) is 0 Å². The number of imidazole rings is 4. The number of ether oxygens (including phenoxy) is 5. The van der Waals surface area contributed by atoms with E-state index in [0.29, 0.717) is 44.4 Å². The van der Waals surface area contributed by atoms with Gasteiger partial charge in [0.15, 0.2) is 0 Å². The number of piperidine rings is 2. The summed E-state index contributed by atoms with van der Waals surface area (Å²) in [5.74, 6) is 3.23. The number of rotatable bonds is 19. The first kappa shape index (κ1) is 81.5. The molecule has 7 amide bonds. The molecule has 5 aliphatic heterocycles. The quantitative estimate of drug-likeness (QED) is 0.0370. The lowest BCUT2D eigenvalue weighted by atomic mass is 9.90. The van der Waals surface area contributed by atoms with E-state index in [9.17, 15) is 33.6 Å². The average molecular weight is 1640 g/mol. The normalized spacial score (nSPS) is 22.3. The molecule has 121 heavy (non-hydrogen) atoms. The van der Waals surface area contributed by atoms with Crippen LogP contribution in [-0.4, -0.2) is 185 Å². The fourth-order valence-electron chi connectivity index (χ4n) is 19.9. The van der Waals surface area contributed by atoms with Gasteiger partial charge in [-0.3, -0.25) is 19.3 Å². The van der Waals surface area contributed by atoms with Gasteiger partial charge < -0.3 is 74.3 Å². The van der Waals surface area contributed by atoms with E-state index in [1.54, 1.807) is 0 Å². The van der Waals surface area contributed by atoms with Crippen molar-refractivity contribution in [3.05, 3.63) is 169 Å². The van der Waals surface area contributed by atoms with Crippen LogP contribution in [0.1, 0.15) is 179 Å². The van der Waals surface area contributed by atoms with Crippen LogP contribution in [0.5, 0.6) is 0 Å². The molecule has 1 spiro atoms. The second-order valence-electron chi connectivity index (χ2n) is 36.1. The van der Waals surface area contributed by atoms with Crippen molar-refractivity contribution in [2.75, 3.05) is 47.6 Å². The molecule has 0 radical (unpaired) electrons. The molecule has 3 saturated carbocycles. The molecular weight excluding hydrogens is 1530 g/mol. The molecule has 4 aromatic heterocycles. The molecule has 3 aliphatic carbocycles. The van der Waals surface area contributed by atoms with Crippen LogP contribution >= 0.6 is 0 Å². The molecule has 632 valence electrons. The molecule has 27 nitrogen and oxygen atoms in total. The SMILES string of the molecule is COC(=O)N[C@H](C(=O)N1[C@@H]2CC[C@@H](C2)[C@H]1c1ncc(-c2ccc(-c3ccc4cc(-c5cnc(C6CCCN6C(=O)[C@@H](NC(=O)OC)C6CCOCC6)[nH]5)ccc4c3)cc2)[nH]1)C(C)C.COC(=O)N[C@H](C(=O)N1[C@@H]2CC[C@@H](C2)[C@H]1c1ncc(-c2ccc(-c3ccc4cc(-c5cnc([C@@H]6CC7(CC7)CN6C(=O)OC(C)(C)C)[nH]5)ccc4c3)cc2)[nH]1)C(C)C. The summed E-state index contributed by atoms with van der Waals surface area (Å²) in [5.41, 5.74) is 11.7. The summed E-state index contributed by atoms with van der Waals surface area (Å²) in [6.07, 6.45) is 17.4. The van der Waals surface area contributed by atoms with Gasteiger partial charge in [0, 0.05) is 49.5 Å². The van der Waals surface area contributed by atoms with Gasteiger partial charge in [0.1, 0.15) is 47.0 Å². The topological polar surface area (TPSA) is 329 Å². The van der Waals surface area contributed by atoms with E-state index in [4.69, 9.17) is 43.6 Å². The number of amides is 7. The molecule has 11 atom stereocenters. The fraction of sp³-hybridized carbons (Fsp3) is 0.457. The van der Waals surface area contributed by atoms with Crippen LogP contribution in [0.15, 0.2) is 146 Å². The van der Waals surface area contributed by atoms with Gasteiger partial charge in [0.05, 0.1) is 93.1 Å². The summed E-state index contributed by atoms with van der Waals surface area (Å²) in [7, 11) is 3.93. The highest BCUT2D eigenvalue weighted by Crippen LogP contribution is 2.59. The number of fused-ring (bicyclic) bond motifs is 6. The molecule has 5 saturated heterocycles. The Balaban J connectivity index is 0.000000173. The van der Waals surface area contributed by atoms with Gasteiger partial charge >= 0.3 is 24.4 Å². The standard InChI is InChI=1S/C48H56N8O7.C46H53N7O5/c1-27(2)40(53-47(59)61-3)46(58)56-36-16-15-35(24-36)42(56)44-50-25-37(52-44)29-9-7-28(8-10-29)31-11-12-33-23-34(14-13-32(33)22-31)38-26-49-43(51-38)39-6-5-19-55(39)45(57)41(54-48(60)62-4)30-17-20-63-21-18-30;1-26(2)38(51-43(55)57-6)42(54)53-34-16-15-33(21-34)39(53)41-48-23-35(50-41)28-9-7-27(8-10-28)29-11-12-31-20-32(14-13-30(31)19-29)36-24-47-40(49-36)37-22-46(17-18-46)25-52(37)44(56)58-45(3,4)5/h7-14,22-23,25-27,30,35-36,39-42H,5-6,15-21,24H2,1-4H3,(H,49,51)(H,50,52)(H,53,59)(H,54,60);7-14,19-20,23-24,26,33-34,37-39H,15-18,21-22,25H2,1-6H3,(H,47,49)(H,48,50)(H,51,55)/t35-,36+,39?,40-,41-,42-;33-,34+,37-,38-,39-/m00/s1. The largest absolute Gasteiger partial charge is 0.453 e. The zero-order valence-corrected chi connectivity index (χ0v) is 70.4. The van der Waals surface area contributed by atoms with Crippen LogP contribution in [-0.2, 0) is 38.1 Å². The summed E-state index contributed by atoms with van der Waals surface area (Å²) >= 11 is 0. The smallest absolute Gasteiger partial charge is 0.410 e. The maximum Gasteiger partial charge on any atom is 0.410 e. The first-order chi connectivity index (χ1) is 58.4.